The molecule has 0 spiro atoms. The fraction of sp³-hybridized carbons (Fsp3) is 0.385. The van der Waals surface area contributed by atoms with Gasteiger partial charge in [-0.3, -0.25) is 0 Å². The van der Waals surface area contributed by atoms with Crippen LogP contribution in [0.2, 0.25) is 0 Å². The number of aromatic nitrogens is 2. The smallest absolute Gasteiger partial charge is 0.240 e. The third-order valence-corrected chi connectivity index (χ3v) is 4.54. The monoisotopic (exact) mass is 310 g/mol. The molecule has 0 saturated carbocycles. The van der Waals surface area contributed by atoms with Crippen molar-refractivity contribution in [2.75, 3.05) is 6.54 Å². The molecule has 1 aromatic carbocycles. The van der Waals surface area contributed by atoms with Gasteiger partial charge in [-0.05, 0) is 24.1 Å². The van der Waals surface area contributed by atoms with Gasteiger partial charge in [0.2, 0.25) is 16.4 Å². The fourth-order valence-corrected chi connectivity index (χ4v) is 2.92. The zero-order valence-electron chi connectivity index (χ0n) is 11.7. The predicted octanol–water partition coefficient (Wildman–Crippen LogP) is 1.00. The molecular formula is C13H18N4O3S. The van der Waals surface area contributed by atoms with Gasteiger partial charge in [0.25, 0.3) is 0 Å². The van der Waals surface area contributed by atoms with Crippen molar-refractivity contribution in [1.82, 2.24) is 14.9 Å². The quantitative estimate of drug-likeness (QED) is 0.789. The van der Waals surface area contributed by atoms with Gasteiger partial charge in [-0.25, -0.2) is 13.1 Å². The van der Waals surface area contributed by atoms with Gasteiger partial charge in [-0.2, -0.15) is 4.98 Å². The molecule has 0 aliphatic carbocycles. The van der Waals surface area contributed by atoms with Crippen LogP contribution in [0.5, 0.6) is 0 Å². The summed E-state index contributed by atoms with van der Waals surface area (Å²) in [5, 5.41) is 3.62. The maximum atomic E-state index is 12.2. The Morgan fingerprint density at radius 2 is 2.24 bits per heavy atom. The SMILES string of the molecule is CCC(N)c1cccc(S(=O)(=O)NCCc2ncon2)c1. The highest BCUT2D eigenvalue weighted by Gasteiger charge is 2.15. The lowest BCUT2D eigenvalue weighted by atomic mass is 10.1. The number of hydrogen-bond acceptors (Lipinski definition) is 6. The van der Waals surface area contributed by atoms with E-state index in [1.165, 1.54) is 6.39 Å². The third kappa shape index (κ3) is 4.10. The van der Waals surface area contributed by atoms with Gasteiger partial charge in [0.1, 0.15) is 0 Å². The molecule has 2 rings (SSSR count). The minimum atomic E-state index is -3.57. The highest BCUT2D eigenvalue weighted by molar-refractivity contribution is 7.89. The second-order valence-corrected chi connectivity index (χ2v) is 6.35. The van der Waals surface area contributed by atoms with Crippen molar-refractivity contribution in [2.24, 2.45) is 5.73 Å². The van der Waals surface area contributed by atoms with Crippen LogP contribution in [0.1, 0.15) is 30.8 Å². The van der Waals surface area contributed by atoms with Crippen LogP contribution in [0.15, 0.2) is 40.1 Å². The van der Waals surface area contributed by atoms with Gasteiger partial charge in [0, 0.05) is 19.0 Å². The molecule has 3 N–H and O–H groups in total. The first-order chi connectivity index (χ1) is 10.0. The first-order valence-electron chi connectivity index (χ1n) is 6.63. The molecule has 21 heavy (non-hydrogen) atoms. The maximum Gasteiger partial charge on any atom is 0.240 e. The fourth-order valence-electron chi connectivity index (χ4n) is 1.83. The van der Waals surface area contributed by atoms with Crippen molar-refractivity contribution in [3.63, 3.8) is 0 Å². The van der Waals surface area contributed by atoms with E-state index in [1.807, 2.05) is 13.0 Å². The molecular weight excluding hydrogens is 292 g/mol. The number of sulfonamides is 1. The lowest BCUT2D eigenvalue weighted by molar-refractivity contribution is 0.410. The Morgan fingerprint density at radius 3 is 2.90 bits per heavy atom. The molecule has 1 aromatic heterocycles. The van der Waals surface area contributed by atoms with Crippen LogP contribution in [-0.2, 0) is 16.4 Å². The molecule has 7 nitrogen and oxygen atoms in total. The molecule has 0 aliphatic rings. The van der Waals surface area contributed by atoms with E-state index in [0.717, 1.165) is 12.0 Å². The minimum Gasteiger partial charge on any atom is -0.343 e. The van der Waals surface area contributed by atoms with Crippen LogP contribution in [0.4, 0.5) is 0 Å². The summed E-state index contributed by atoms with van der Waals surface area (Å²) in [7, 11) is -3.57. The summed E-state index contributed by atoms with van der Waals surface area (Å²) < 4.78 is 31.5. The van der Waals surface area contributed by atoms with E-state index in [0.29, 0.717) is 12.2 Å². The molecule has 8 heteroatoms. The van der Waals surface area contributed by atoms with Crippen molar-refractivity contribution in [2.45, 2.75) is 30.7 Å². The largest absolute Gasteiger partial charge is 0.343 e. The Bertz CT molecular complexity index is 670. The molecule has 0 radical (unpaired) electrons. The molecule has 1 unspecified atom stereocenters. The standard InChI is InChI=1S/C13H18N4O3S/c1-2-12(14)10-4-3-5-11(8-10)21(18,19)16-7-6-13-15-9-20-17-13/h3-5,8-9,12,16H,2,6-7,14H2,1H3. The molecule has 1 atom stereocenters. The number of nitrogens with one attached hydrogen (secondary N) is 1. The molecule has 1 heterocycles. The Kier molecular flexibility index (Phi) is 5.05. The van der Waals surface area contributed by atoms with E-state index in [2.05, 4.69) is 19.4 Å². The summed E-state index contributed by atoms with van der Waals surface area (Å²) in [6, 6.07) is 6.50. The molecule has 2 aromatic rings. The normalized spacial score (nSPS) is 13.2. The van der Waals surface area contributed by atoms with Gasteiger partial charge in [0.05, 0.1) is 4.90 Å². The average Bonchev–Trinajstić information content (AvgIpc) is 2.99. The summed E-state index contributed by atoms with van der Waals surface area (Å²) in [5.74, 6) is 0.458. The van der Waals surface area contributed by atoms with Crippen molar-refractivity contribution < 1.29 is 12.9 Å². The van der Waals surface area contributed by atoms with Crippen molar-refractivity contribution in [3.8, 4) is 0 Å². The zero-order chi connectivity index (χ0) is 15.3. The Labute approximate surface area is 123 Å². The Hall–Kier alpha value is -1.77. The second kappa shape index (κ2) is 6.79. The second-order valence-electron chi connectivity index (χ2n) is 4.58. The van der Waals surface area contributed by atoms with Gasteiger partial charge >= 0.3 is 0 Å². The highest BCUT2D eigenvalue weighted by atomic mass is 32.2. The topological polar surface area (TPSA) is 111 Å². The molecule has 0 bridgehead atoms. The summed E-state index contributed by atoms with van der Waals surface area (Å²) in [5.41, 5.74) is 6.73. The third-order valence-electron chi connectivity index (χ3n) is 3.08. The first-order valence-corrected chi connectivity index (χ1v) is 8.11. The lowest BCUT2D eigenvalue weighted by Crippen LogP contribution is -2.26. The molecule has 0 fully saturated rings. The van der Waals surface area contributed by atoms with Crippen LogP contribution >= 0.6 is 0 Å². The van der Waals surface area contributed by atoms with E-state index in [9.17, 15) is 8.42 Å². The van der Waals surface area contributed by atoms with Crippen LogP contribution < -0.4 is 10.5 Å². The number of benzene rings is 1. The summed E-state index contributed by atoms with van der Waals surface area (Å²) in [6.07, 6.45) is 2.32. The van der Waals surface area contributed by atoms with Gasteiger partial charge in [-0.1, -0.05) is 24.2 Å². The number of nitrogens with two attached hydrogens (primary N) is 1. The molecule has 0 amide bonds. The van der Waals surface area contributed by atoms with Crippen LogP contribution in [0, 0.1) is 0 Å². The predicted molar refractivity (Wildman–Crippen MR) is 76.9 cm³/mol. The lowest BCUT2D eigenvalue weighted by Gasteiger charge is -2.11. The van der Waals surface area contributed by atoms with Crippen molar-refractivity contribution in [1.29, 1.82) is 0 Å². The van der Waals surface area contributed by atoms with Gasteiger partial charge < -0.3 is 10.3 Å². The molecule has 114 valence electrons. The van der Waals surface area contributed by atoms with Crippen LogP contribution in [0.3, 0.4) is 0 Å². The van der Waals surface area contributed by atoms with Gasteiger partial charge in [-0.15, -0.1) is 0 Å². The summed E-state index contributed by atoms with van der Waals surface area (Å²) in [4.78, 5) is 4.03. The first kappa shape index (κ1) is 15.6. The molecule has 0 aliphatic heterocycles. The van der Waals surface area contributed by atoms with E-state index in [-0.39, 0.29) is 17.5 Å². The Balaban J connectivity index is 2.05. The summed E-state index contributed by atoms with van der Waals surface area (Å²) >= 11 is 0. The average molecular weight is 310 g/mol. The van der Waals surface area contributed by atoms with Crippen LogP contribution in [0.25, 0.3) is 0 Å². The van der Waals surface area contributed by atoms with Crippen molar-refractivity contribution in [3.05, 3.63) is 42.0 Å². The van der Waals surface area contributed by atoms with Crippen molar-refractivity contribution >= 4 is 10.0 Å². The maximum absolute atomic E-state index is 12.2. The number of rotatable bonds is 7. The van der Waals surface area contributed by atoms with Gasteiger partial charge in [0.15, 0.2) is 5.82 Å². The zero-order valence-corrected chi connectivity index (χ0v) is 12.5. The van der Waals surface area contributed by atoms with E-state index in [4.69, 9.17) is 5.73 Å². The Morgan fingerprint density at radius 1 is 1.43 bits per heavy atom. The van der Waals surface area contributed by atoms with Crippen LogP contribution in [-0.4, -0.2) is 25.1 Å². The highest BCUT2D eigenvalue weighted by Crippen LogP contribution is 2.18. The van der Waals surface area contributed by atoms with E-state index < -0.39 is 10.0 Å². The minimum absolute atomic E-state index is 0.167. The number of nitrogens with zero attached hydrogens (tertiary/aromatic N) is 2. The molecule has 0 saturated heterocycles. The van der Waals surface area contributed by atoms with E-state index in [1.54, 1.807) is 18.2 Å². The summed E-state index contributed by atoms with van der Waals surface area (Å²) in [6.45, 7) is 2.15. The van der Waals surface area contributed by atoms with E-state index >= 15 is 0 Å². The number of hydrogen-bond donors (Lipinski definition) is 2.